The molecule has 0 unspecified atom stereocenters. The predicted molar refractivity (Wildman–Crippen MR) is 157 cm³/mol. The molecule has 0 bridgehead atoms. The molecule has 0 aliphatic heterocycles. The summed E-state index contributed by atoms with van der Waals surface area (Å²) in [7, 11) is -4.28. The fourth-order valence-corrected chi connectivity index (χ4v) is 5.66. The van der Waals surface area contributed by atoms with Crippen molar-refractivity contribution in [3.05, 3.63) is 93.7 Å². The Morgan fingerprint density at radius 1 is 0.975 bits per heavy atom. The van der Waals surface area contributed by atoms with E-state index in [2.05, 4.69) is 5.32 Å². The molecule has 0 aromatic heterocycles. The van der Waals surface area contributed by atoms with E-state index in [0.29, 0.717) is 17.1 Å². The van der Waals surface area contributed by atoms with Crippen LogP contribution in [0.1, 0.15) is 37.8 Å². The Morgan fingerprint density at radius 3 is 2.23 bits per heavy atom. The number of anilines is 1. The molecule has 3 aromatic rings. The highest BCUT2D eigenvalue weighted by Crippen LogP contribution is 2.26. The van der Waals surface area contributed by atoms with Crippen LogP contribution in [-0.2, 0) is 26.2 Å². The average Bonchev–Trinajstić information content (AvgIpc) is 2.92. The summed E-state index contributed by atoms with van der Waals surface area (Å²) in [4.78, 5) is 28.0. The van der Waals surface area contributed by atoms with E-state index in [1.54, 1.807) is 49.4 Å². The van der Waals surface area contributed by atoms with Gasteiger partial charge in [0.05, 0.1) is 20.6 Å². The molecule has 2 amide bonds. The smallest absolute Gasteiger partial charge is 0.264 e. The van der Waals surface area contributed by atoms with Crippen molar-refractivity contribution < 1.29 is 22.4 Å². The zero-order valence-corrected chi connectivity index (χ0v) is 24.9. The van der Waals surface area contributed by atoms with Crippen LogP contribution < -0.4 is 9.62 Å². The SMILES string of the molecule is CCCCNC(=O)[C@@H](C)N(Cc1ccc(Cl)c(Cl)c1)C(=O)CN(c1ccc(C)cc1)S(=O)(=O)c1ccc(F)cc1. The van der Waals surface area contributed by atoms with E-state index in [9.17, 15) is 22.4 Å². The summed E-state index contributed by atoms with van der Waals surface area (Å²) in [6.07, 6.45) is 1.66. The van der Waals surface area contributed by atoms with Gasteiger partial charge in [-0.2, -0.15) is 0 Å². The molecule has 0 aliphatic carbocycles. The van der Waals surface area contributed by atoms with Crippen LogP contribution in [0.25, 0.3) is 0 Å². The highest BCUT2D eigenvalue weighted by Gasteiger charge is 2.32. The molecule has 214 valence electrons. The molecule has 0 spiro atoms. The number of nitrogens with one attached hydrogen (secondary N) is 1. The third kappa shape index (κ3) is 7.96. The minimum atomic E-state index is -4.28. The predicted octanol–water partition coefficient (Wildman–Crippen LogP) is 5.97. The Morgan fingerprint density at radius 2 is 1.62 bits per heavy atom. The zero-order valence-electron chi connectivity index (χ0n) is 22.5. The van der Waals surface area contributed by atoms with Gasteiger partial charge in [0.2, 0.25) is 11.8 Å². The average molecular weight is 609 g/mol. The van der Waals surface area contributed by atoms with Crippen LogP contribution in [0, 0.1) is 12.7 Å². The normalized spacial score (nSPS) is 12.1. The maximum absolute atomic E-state index is 13.9. The number of rotatable bonds is 12. The molecule has 0 saturated carbocycles. The van der Waals surface area contributed by atoms with Gasteiger partial charge in [-0.1, -0.05) is 60.3 Å². The van der Waals surface area contributed by atoms with Gasteiger partial charge in [0, 0.05) is 13.1 Å². The lowest BCUT2D eigenvalue weighted by atomic mass is 10.1. The Labute approximate surface area is 244 Å². The first kappa shape index (κ1) is 31.4. The Bertz CT molecular complexity index is 1430. The van der Waals surface area contributed by atoms with Gasteiger partial charge in [0.15, 0.2) is 0 Å². The fourth-order valence-electron chi connectivity index (χ4n) is 3.93. The molecule has 1 N–H and O–H groups in total. The van der Waals surface area contributed by atoms with E-state index >= 15 is 0 Å². The standard InChI is InChI=1S/C29H32Cl2FN3O4S/c1-4-5-16-33-29(37)21(3)34(18-22-8-15-26(30)27(31)17-22)28(36)19-35(24-11-6-20(2)7-12-24)40(38,39)25-13-9-23(32)10-14-25/h6-15,17,21H,4-5,16,18-19H2,1-3H3,(H,33,37)/t21-/m1/s1. The van der Waals surface area contributed by atoms with Crippen molar-refractivity contribution in [1.82, 2.24) is 10.2 Å². The number of amides is 2. The number of aryl methyl sites for hydroxylation is 1. The number of halogens is 3. The molecule has 0 radical (unpaired) electrons. The summed E-state index contributed by atoms with van der Waals surface area (Å²) in [6, 6.07) is 15.0. The van der Waals surface area contributed by atoms with E-state index in [1.807, 2.05) is 13.8 Å². The van der Waals surface area contributed by atoms with Gasteiger partial charge < -0.3 is 10.2 Å². The lowest BCUT2D eigenvalue weighted by Crippen LogP contribution is -2.51. The number of hydrogen-bond donors (Lipinski definition) is 1. The number of hydrogen-bond acceptors (Lipinski definition) is 4. The molecule has 11 heteroatoms. The van der Waals surface area contributed by atoms with Crippen molar-refractivity contribution in [2.45, 2.75) is 51.1 Å². The number of sulfonamides is 1. The van der Waals surface area contributed by atoms with E-state index < -0.39 is 34.3 Å². The van der Waals surface area contributed by atoms with E-state index in [-0.39, 0.29) is 28.1 Å². The van der Waals surface area contributed by atoms with Crippen molar-refractivity contribution in [1.29, 1.82) is 0 Å². The molecule has 40 heavy (non-hydrogen) atoms. The second-order valence-corrected chi connectivity index (χ2v) is 12.1. The highest BCUT2D eigenvalue weighted by atomic mass is 35.5. The van der Waals surface area contributed by atoms with Gasteiger partial charge >= 0.3 is 0 Å². The van der Waals surface area contributed by atoms with E-state index in [0.717, 1.165) is 47.0 Å². The molecule has 3 rings (SSSR count). The zero-order chi connectivity index (χ0) is 29.4. The maximum atomic E-state index is 13.9. The van der Waals surface area contributed by atoms with Gasteiger partial charge in [-0.3, -0.25) is 13.9 Å². The summed E-state index contributed by atoms with van der Waals surface area (Å²) in [6.45, 7) is 5.26. The van der Waals surface area contributed by atoms with Crippen molar-refractivity contribution in [3.8, 4) is 0 Å². The van der Waals surface area contributed by atoms with Crippen LogP contribution in [0.15, 0.2) is 71.6 Å². The monoisotopic (exact) mass is 607 g/mol. The molecule has 0 aliphatic rings. The number of carbonyl (C=O) groups excluding carboxylic acids is 2. The van der Waals surface area contributed by atoms with Crippen LogP contribution >= 0.6 is 23.2 Å². The topological polar surface area (TPSA) is 86.8 Å². The lowest BCUT2D eigenvalue weighted by molar-refractivity contribution is -0.139. The minimum absolute atomic E-state index is 0.0174. The van der Waals surface area contributed by atoms with Crippen molar-refractivity contribution in [3.63, 3.8) is 0 Å². The van der Waals surface area contributed by atoms with Gasteiger partial charge in [-0.15, -0.1) is 0 Å². The summed E-state index contributed by atoms with van der Waals surface area (Å²) in [5, 5.41) is 3.45. The number of unbranched alkanes of at least 4 members (excludes halogenated alkanes) is 1. The first-order valence-corrected chi connectivity index (χ1v) is 15.0. The molecule has 0 fully saturated rings. The van der Waals surface area contributed by atoms with Gasteiger partial charge in [-0.25, -0.2) is 12.8 Å². The van der Waals surface area contributed by atoms with Crippen molar-refractivity contribution in [2.75, 3.05) is 17.4 Å². The van der Waals surface area contributed by atoms with Crippen LogP contribution in [0.2, 0.25) is 10.0 Å². The summed E-state index contributed by atoms with van der Waals surface area (Å²) < 4.78 is 42.0. The third-order valence-electron chi connectivity index (χ3n) is 6.34. The molecule has 3 aromatic carbocycles. The minimum Gasteiger partial charge on any atom is -0.354 e. The largest absolute Gasteiger partial charge is 0.354 e. The fraction of sp³-hybridized carbons (Fsp3) is 0.310. The quantitative estimate of drug-likeness (QED) is 0.257. The number of benzene rings is 3. The van der Waals surface area contributed by atoms with Crippen molar-refractivity contribution >= 4 is 50.7 Å². The summed E-state index contributed by atoms with van der Waals surface area (Å²) in [5.41, 5.74) is 1.75. The molecular weight excluding hydrogens is 576 g/mol. The van der Waals surface area contributed by atoms with Crippen LogP contribution in [-0.4, -0.2) is 44.3 Å². The second-order valence-electron chi connectivity index (χ2n) is 9.39. The number of nitrogens with zero attached hydrogens (tertiary/aromatic N) is 2. The van der Waals surface area contributed by atoms with E-state index in [4.69, 9.17) is 23.2 Å². The first-order chi connectivity index (χ1) is 18.9. The first-order valence-electron chi connectivity index (χ1n) is 12.8. The summed E-state index contributed by atoms with van der Waals surface area (Å²) >= 11 is 12.2. The van der Waals surface area contributed by atoms with Gasteiger partial charge in [0.25, 0.3) is 10.0 Å². The maximum Gasteiger partial charge on any atom is 0.264 e. The Hall–Kier alpha value is -3.14. The Balaban J connectivity index is 2.01. The van der Waals surface area contributed by atoms with Crippen LogP contribution in [0.5, 0.6) is 0 Å². The van der Waals surface area contributed by atoms with Crippen molar-refractivity contribution in [2.24, 2.45) is 0 Å². The molecule has 1 atom stereocenters. The summed E-state index contributed by atoms with van der Waals surface area (Å²) in [5.74, 6) is -1.58. The second kappa shape index (κ2) is 14.0. The van der Waals surface area contributed by atoms with Gasteiger partial charge in [-0.05, 0) is 74.4 Å². The molecule has 7 nitrogen and oxygen atoms in total. The molecule has 0 saturated heterocycles. The van der Waals surface area contributed by atoms with Crippen LogP contribution in [0.3, 0.4) is 0 Å². The number of carbonyl (C=O) groups is 2. The Kier molecular flexibility index (Phi) is 11.0. The third-order valence-corrected chi connectivity index (χ3v) is 8.86. The highest BCUT2D eigenvalue weighted by molar-refractivity contribution is 7.92. The van der Waals surface area contributed by atoms with Crippen LogP contribution in [0.4, 0.5) is 10.1 Å². The van der Waals surface area contributed by atoms with E-state index in [1.165, 1.54) is 4.90 Å². The molecular formula is C29H32Cl2FN3O4S. The molecule has 0 heterocycles. The lowest BCUT2D eigenvalue weighted by Gasteiger charge is -2.32. The van der Waals surface area contributed by atoms with Gasteiger partial charge in [0.1, 0.15) is 18.4 Å².